The van der Waals surface area contributed by atoms with Crippen molar-refractivity contribution in [2.24, 2.45) is 0 Å². The smallest absolute Gasteiger partial charge is 0.420 e. The number of oxazole rings is 1. The molecule has 148 valence electrons. The van der Waals surface area contributed by atoms with Crippen molar-refractivity contribution in [3.8, 4) is 0 Å². The molecule has 0 aliphatic carbocycles. The fraction of sp³-hybridized carbons (Fsp3) is 0.263. The molecule has 0 saturated heterocycles. The number of nitrogens with zero attached hydrogens (tertiary/aromatic N) is 1. The minimum absolute atomic E-state index is 0.0565. The van der Waals surface area contributed by atoms with Crippen LogP contribution >= 0.6 is 0 Å². The molecule has 1 aromatic heterocycles. The standard InChI is InChI=1S/C19H20N2O6S/c1-3-13-6-5-7-14(10-13)20-28(24,25)15-8-9-16-17(11-15)27-19(23)21(16)12-18(22)26-4-2/h5-11,20H,3-4,12H2,1-2H3. The van der Waals surface area contributed by atoms with Crippen LogP contribution in [0.4, 0.5) is 5.69 Å². The Morgan fingerprint density at radius 1 is 1.18 bits per heavy atom. The van der Waals surface area contributed by atoms with Crippen molar-refractivity contribution in [2.75, 3.05) is 11.3 Å². The molecule has 0 aliphatic rings. The summed E-state index contributed by atoms with van der Waals surface area (Å²) in [7, 11) is -3.88. The second-order valence-electron chi connectivity index (χ2n) is 6.05. The molecule has 0 unspecified atom stereocenters. The number of fused-ring (bicyclic) bond motifs is 1. The van der Waals surface area contributed by atoms with Gasteiger partial charge in [0.15, 0.2) is 5.58 Å². The lowest BCUT2D eigenvalue weighted by atomic mass is 10.1. The number of rotatable bonds is 7. The Hall–Kier alpha value is -3.07. The minimum atomic E-state index is -3.88. The quantitative estimate of drug-likeness (QED) is 0.606. The van der Waals surface area contributed by atoms with Gasteiger partial charge in [-0.15, -0.1) is 0 Å². The van der Waals surface area contributed by atoms with Crippen molar-refractivity contribution in [2.45, 2.75) is 31.7 Å². The Labute approximate surface area is 161 Å². The van der Waals surface area contributed by atoms with E-state index < -0.39 is 21.7 Å². The summed E-state index contributed by atoms with van der Waals surface area (Å²) >= 11 is 0. The summed E-state index contributed by atoms with van der Waals surface area (Å²) in [6, 6.07) is 11.1. The lowest BCUT2D eigenvalue weighted by Gasteiger charge is -2.09. The predicted molar refractivity (Wildman–Crippen MR) is 104 cm³/mol. The second kappa shape index (κ2) is 7.89. The normalized spacial score (nSPS) is 11.5. The Balaban J connectivity index is 1.93. The van der Waals surface area contributed by atoms with Crippen LogP contribution < -0.4 is 10.5 Å². The Bertz CT molecular complexity index is 1180. The molecule has 28 heavy (non-hydrogen) atoms. The molecule has 0 atom stereocenters. The van der Waals surface area contributed by atoms with Gasteiger partial charge in [-0.25, -0.2) is 13.2 Å². The van der Waals surface area contributed by atoms with Crippen LogP contribution in [-0.4, -0.2) is 25.6 Å². The van der Waals surface area contributed by atoms with E-state index in [2.05, 4.69) is 4.72 Å². The minimum Gasteiger partial charge on any atom is -0.465 e. The third-order valence-electron chi connectivity index (χ3n) is 4.13. The predicted octanol–water partition coefficient (Wildman–Crippen LogP) is 2.52. The molecule has 0 saturated carbocycles. The number of hydrogen-bond acceptors (Lipinski definition) is 6. The van der Waals surface area contributed by atoms with Crippen LogP contribution in [0, 0.1) is 0 Å². The zero-order valence-electron chi connectivity index (χ0n) is 15.5. The first-order valence-electron chi connectivity index (χ1n) is 8.75. The molecule has 0 aliphatic heterocycles. The third-order valence-corrected chi connectivity index (χ3v) is 5.51. The molecule has 3 aromatic rings. The van der Waals surface area contributed by atoms with Gasteiger partial charge in [0.1, 0.15) is 6.54 Å². The van der Waals surface area contributed by atoms with Crippen LogP contribution in [0.2, 0.25) is 0 Å². The van der Waals surface area contributed by atoms with E-state index in [1.807, 2.05) is 13.0 Å². The fourth-order valence-electron chi connectivity index (χ4n) is 2.77. The lowest BCUT2D eigenvalue weighted by Crippen LogP contribution is -2.21. The molecule has 9 heteroatoms. The van der Waals surface area contributed by atoms with Crippen molar-refractivity contribution in [1.82, 2.24) is 4.57 Å². The van der Waals surface area contributed by atoms with Crippen molar-refractivity contribution in [3.63, 3.8) is 0 Å². The largest absolute Gasteiger partial charge is 0.465 e. The van der Waals surface area contributed by atoms with E-state index in [-0.39, 0.29) is 23.6 Å². The molecule has 1 N–H and O–H groups in total. The molecule has 2 aromatic carbocycles. The maximum absolute atomic E-state index is 12.7. The van der Waals surface area contributed by atoms with Crippen molar-refractivity contribution < 1.29 is 22.4 Å². The number of carbonyl (C=O) groups excluding carboxylic acids is 1. The molecule has 0 amide bonds. The zero-order chi connectivity index (χ0) is 20.3. The van der Waals surface area contributed by atoms with Crippen LogP contribution in [0.3, 0.4) is 0 Å². The molecule has 8 nitrogen and oxygen atoms in total. The molecule has 0 bridgehead atoms. The summed E-state index contributed by atoms with van der Waals surface area (Å²) < 4.78 is 38.9. The third kappa shape index (κ3) is 4.09. The highest BCUT2D eigenvalue weighted by Gasteiger charge is 2.19. The number of hydrogen-bond donors (Lipinski definition) is 1. The molecule has 3 rings (SSSR count). The number of aromatic nitrogens is 1. The van der Waals surface area contributed by atoms with Crippen LogP contribution in [0.5, 0.6) is 0 Å². The molecular formula is C19H20N2O6S. The highest BCUT2D eigenvalue weighted by Crippen LogP contribution is 2.22. The second-order valence-corrected chi connectivity index (χ2v) is 7.73. The van der Waals surface area contributed by atoms with Gasteiger partial charge in [0.05, 0.1) is 17.0 Å². The summed E-state index contributed by atoms with van der Waals surface area (Å²) in [5.41, 5.74) is 1.82. The van der Waals surface area contributed by atoms with E-state index in [4.69, 9.17) is 9.15 Å². The average Bonchev–Trinajstić information content (AvgIpc) is 2.96. The van der Waals surface area contributed by atoms with Gasteiger partial charge in [0.2, 0.25) is 0 Å². The number of benzene rings is 2. The summed E-state index contributed by atoms with van der Waals surface area (Å²) in [4.78, 5) is 23.6. The van der Waals surface area contributed by atoms with Crippen LogP contribution in [0.25, 0.3) is 11.1 Å². The first-order chi connectivity index (χ1) is 13.3. The molecular weight excluding hydrogens is 384 g/mol. The maximum Gasteiger partial charge on any atom is 0.420 e. The number of carbonyl (C=O) groups is 1. The van der Waals surface area contributed by atoms with Gasteiger partial charge in [-0.2, -0.15) is 0 Å². The number of sulfonamides is 1. The zero-order valence-corrected chi connectivity index (χ0v) is 16.3. The number of ether oxygens (including phenoxy) is 1. The van der Waals surface area contributed by atoms with E-state index in [0.29, 0.717) is 11.2 Å². The van der Waals surface area contributed by atoms with Gasteiger partial charge < -0.3 is 9.15 Å². The van der Waals surface area contributed by atoms with Gasteiger partial charge in [-0.05, 0) is 43.2 Å². The summed E-state index contributed by atoms with van der Waals surface area (Å²) in [5, 5.41) is 0. The van der Waals surface area contributed by atoms with Crippen molar-refractivity contribution >= 4 is 32.8 Å². The van der Waals surface area contributed by atoms with Crippen LogP contribution in [0.1, 0.15) is 19.4 Å². The summed E-state index contributed by atoms with van der Waals surface area (Å²) in [6.45, 7) is 3.52. The van der Waals surface area contributed by atoms with E-state index in [9.17, 15) is 18.0 Å². The van der Waals surface area contributed by atoms with Crippen LogP contribution in [-0.2, 0) is 32.5 Å². The first-order valence-corrected chi connectivity index (χ1v) is 10.2. The molecule has 1 heterocycles. The first kappa shape index (κ1) is 19.7. The topological polar surface area (TPSA) is 108 Å². The number of nitrogens with one attached hydrogen (secondary N) is 1. The van der Waals surface area contributed by atoms with E-state index in [1.54, 1.807) is 25.1 Å². The molecule has 0 spiro atoms. The van der Waals surface area contributed by atoms with Gasteiger partial charge >= 0.3 is 11.7 Å². The highest BCUT2D eigenvalue weighted by atomic mass is 32.2. The maximum atomic E-state index is 12.7. The van der Waals surface area contributed by atoms with Crippen molar-refractivity contribution in [3.05, 3.63) is 58.6 Å². The Morgan fingerprint density at radius 2 is 1.96 bits per heavy atom. The summed E-state index contributed by atoms with van der Waals surface area (Å²) in [5.74, 6) is -1.34. The van der Waals surface area contributed by atoms with Gasteiger partial charge in [0, 0.05) is 11.8 Å². The summed E-state index contributed by atoms with van der Waals surface area (Å²) in [6.07, 6.45) is 0.778. The number of aryl methyl sites for hydroxylation is 1. The fourth-order valence-corrected chi connectivity index (χ4v) is 3.83. The SMILES string of the molecule is CCOC(=O)Cn1c(=O)oc2cc(S(=O)(=O)Nc3cccc(CC)c3)ccc21. The van der Waals surface area contributed by atoms with E-state index >= 15 is 0 Å². The van der Waals surface area contributed by atoms with Gasteiger partial charge in [-0.1, -0.05) is 19.1 Å². The van der Waals surface area contributed by atoms with Crippen molar-refractivity contribution in [1.29, 1.82) is 0 Å². The molecule has 0 radical (unpaired) electrons. The Kier molecular flexibility index (Phi) is 5.55. The Morgan fingerprint density at radius 3 is 2.68 bits per heavy atom. The van der Waals surface area contributed by atoms with Gasteiger partial charge in [0.25, 0.3) is 10.0 Å². The average molecular weight is 404 g/mol. The lowest BCUT2D eigenvalue weighted by molar-refractivity contribution is -0.143. The molecule has 0 fully saturated rings. The van der Waals surface area contributed by atoms with Crippen LogP contribution in [0.15, 0.2) is 56.6 Å². The van der Waals surface area contributed by atoms with E-state index in [1.165, 1.54) is 18.2 Å². The van der Waals surface area contributed by atoms with E-state index in [0.717, 1.165) is 16.6 Å². The van der Waals surface area contributed by atoms with Gasteiger partial charge in [-0.3, -0.25) is 14.1 Å². The monoisotopic (exact) mass is 404 g/mol. The highest BCUT2D eigenvalue weighted by molar-refractivity contribution is 7.92. The number of esters is 1. The number of anilines is 1.